The molecule has 7 heteroatoms. The zero-order valence-electron chi connectivity index (χ0n) is 10.9. The van der Waals surface area contributed by atoms with Gasteiger partial charge in [-0.05, 0) is 6.92 Å². The monoisotopic (exact) mass is 275 g/mol. The van der Waals surface area contributed by atoms with E-state index in [-0.39, 0.29) is 6.03 Å². The van der Waals surface area contributed by atoms with Crippen molar-refractivity contribution >= 4 is 23.8 Å². The fourth-order valence-electron chi connectivity index (χ4n) is 1.61. The normalized spacial score (nSPS) is 18.1. The van der Waals surface area contributed by atoms with Crippen LogP contribution in [-0.4, -0.2) is 77.7 Å². The van der Waals surface area contributed by atoms with Crippen LogP contribution in [0, 0.1) is 0 Å². The van der Waals surface area contributed by atoms with Crippen molar-refractivity contribution in [3.05, 3.63) is 0 Å². The highest BCUT2D eigenvalue weighted by molar-refractivity contribution is 7.99. The van der Waals surface area contributed by atoms with E-state index in [2.05, 4.69) is 10.2 Å². The highest BCUT2D eigenvalue weighted by Crippen LogP contribution is 2.07. The minimum Gasteiger partial charge on any atom is -0.480 e. The first-order valence-electron chi connectivity index (χ1n) is 6.06. The van der Waals surface area contributed by atoms with Crippen molar-refractivity contribution in [3.63, 3.8) is 0 Å². The standard InChI is InChI=1S/C11H21N3O3S/c1-9(10(15)16)13(2)11(17)12-3-4-14-5-7-18-8-6-14/h9H,3-8H2,1-2H3,(H,12,17)(H,15,16). The van der Waals surface area contributed by atoms with Crippen LogP contribution in [0.2, 0.25) is 0 Å². The molecule has 0 radical (unpaired) electrons. The Balaban J connectivity index is 2.21. The van der Waals surface area contributed by atoms with Crippen LogP contribution < -0.4 is 5.32 Å². The van der Waals surface area contributed by atoms with Crippen molar-refractivity contribution in [2.75, 3.05) is 44.7 Å². The molecule has 1 fully saturated rings. The summed E-state index contributed by atoms with van der Waals surface area (Å²) < 4.78 is 0. The number of hydrogen-bond donors (Lipinski definition) is 2. The molecule has 2 amide bonds. The summed E-state index contributed by atoms with van der Waals surface area (Å²) in [4.78, 5) is 25.9. The minimum absolute atomic E-state index is 0.337. The Bertz CT molecular complexity index is 295. The van der Waals surface area contributed by atoms with Crippen molar-refractivity contribution < 1.29 is 14.7 Å². The average molecular weight is 275 g/mol. The van der Waals surface area contributed by atoms with Gasteiger partial charge in [0.15, 0.2) is 0 Å². The van der Waals surface area contributed by atoms with E-state index in [1.165, 1.54) is 18.9 Å². The summed E-state index contributed by atoms with van der Waals surface area (Å²) >= 11 is 1.95. The second-order valence-electron chi connectivity index (χ2n) is 4.31. The lowest BCUT2D eigenvalue weighted by molar-refractivity contribution is -0.141. The van der Waals surface area contributed by atoms with Crippen LogP contribution in [-0.2, 0) is 4.79 Å². The second kappa shape index (κ2) is 7.48. The molecule has 1 aliphatic rings. The van der Waals surface area contributed by atoms with Gasteiger partial charge in [-0.25, -0.2) is 9.59 Å². The second-order valence-corrected chi connectivity index (χ2v) is 5.54. The predicted molar refractivity (Wildman–Crippen MR) is 72.0 cm³/mol. The molecule has 1 saturated heterocycles. The van der Waals surface area contributed by atoms with E-state index in [9.17, 15) is 9.59 Å². The molecule has 0 bridgehead atoms. The Morgan fingerprint density at radius 1 is 1.44 bits per heavy atom. The van der Waals surface area contributed by atoms with Crippen LogP contribution in [0.3, 0.4) is 0 Å². The number of likely N-dealkylation sites (N-methyl/N-ethyl adjacent to an activating group) is 1. The molecule has 1 aliphatic heterocycles. The topological polar surface area (TPSA) is 72.9 Å². The van der Waals surface area contributed by atoms with Gasteiger partial charge in [0.25, 0.3) is 0 Å². The maximum Gasteiger partial charge on any atom is 0.326 e. The molecule has 0 aliphatic carbocycles. The molecule has 2 N–H and O–H groups in total. The average Bonchev–Trinajstić information content (AvgIpc) is 2.38. The van der Waals surface area contributed by atoms with E-state index >= 15 is 0 Å². The summed E-state index contributed by atoms with van der Waals surface area (Å²) in [5.41, 5.74) is 0. The number of carboxylic acids is 1. The molecular formula is C11H21N3O3S. The van der Waals surface area contributed by atoms with E-state index < -0.39 is 12.0 Å². The molecule has 1 unspecified atom stereocenters. The molecule has 6 nitrogen and oxygen atoms in total. The predicted octanol–water partition coefficient (Wildman–Crippen LogP) is 0.150. The number of nitrogens with zero attached hydrogens (tertiary/aromatic N) is 2. The first kappa shape index (κ1) is 15.1. The third-order valence-electron chi connectivity index (χ3n) is 3.07. The molecule has 1 heterocycles. The van der Waals surface area contributed by atoms with Crippen LogP contribution in [0.4, 0.5) is 4.79 Å². The van der Waals surface area contributed by atoms with Gasteiger partial charge in [0.2, 0.25) is 0 Å². The van der Waals surface area contributed by atoms with Gasteiger partial charge in [-0.15, -0.1) is 0 Å². The zero-order valence-corrected chi connectivity index (χ0v) is 11.7. The van der Waals surface area contributed by atoms with E-state index in [1.54, 1.807) is 0 Å². The lowest BCUT2D eigenvalue weighted by Gasteiger charge is -2.27. The molecule has 104 valence electrons. The maximum atomic E-state index is 11.7. The quantitative estimate of drug-likeness (QED) is 0.747. The largest absolute Gasteiger partial charge is 0.480 e. The number of carbonyl (C=O) groups is 2. The van der Waals surface area contributed by atoms with Crippen molar-refractivity contribution in [1.82, 2.24) is 15.1 Å². The zero-order chi connectivity index (χ0) is 13.5. The highest BCUT2D eigenvalue weighted by Gasteiger charge is 2.21. The number of nitrogens with one attached hydrogen (secondary N) is 1. The smallest absolute Gasteiger partial charge is 0.326 e. The van der Waals surface area contributed by atoms with Gasteiger partial charge in [-0.3, -0.25) is 4.90 Å². The molecule has 0 aromatic rings. The van der Waals surface area contributed by atoms with Gasteiger partial charge in [-0.2, -0.15) is 11.8 Å². The molecule has 1 rings (SSSR count). The van der Waals surface area contributed by atoms with Crippen molar-refractivity contribution in [2.24, 2.45) is 0 Å². The van der Waals surface area contributed by atoms with Crippen LogP contribution >= 0.6 is 11.8 Å². The van der Waals surface area contributed by atoms with Crippen LogP contribution in [0.5, 0.6) is 0 Å². The van der Waals surface area contributed by atoms with Crippen LogP contribution in [0.1, 0.15) is 6.92 Å². The number of carboxylic acid groups (broad SMARTS) is 1. The summed E-state index contributed by atoms with van der Waals surface area (Å²) in [7, 11) is 1.49. The van der Waals surface area contributed by atoms with Gasteiger partial charge < -0.3 is 15.3 Å². The summed E-state index contributed by atoms with van der Waals surface area (Å²) in [6.07, 6.45) is 0. The first-order chi connectivity index (χ1) is 8.52. The maximum absolute atomic E-state index is 11.7. The molecule has 18 heavy (non-hydrogen) atoms. The van der Waals surface area contributed by atoms with Crippen LogP contribution in [0.15, 0.2) is 0 Å². The fourth-order valence-corrected chi connectivity index (χ4v) is 2.59. The number of amides is 2. The minimum atomic E-state index is -0.999. The van der Waals surface area contributed by atoms with Gasteiger partial charge in [0.1, 0.15) is 6.04 Å². The number of thioether (sulfide) groups is 1. The lowest BCUT2D eigenvalue weighted by atomic mass is 10.3. The molecule has 0 aromatic carbocycles. The Hall–Kier alpha value is -0.950. The molecule has 0 saturated carbocycles. The van der Waals surface area contributed by atoms with Crippen LogP contribution in [0.25, 0.3) is 0 Å². The number of urea groups is 1. The molecule has 1 atom stereocenters. The van der Waals surface area contributed by atoms with Gasteiger partial charge in [0, 0.05) is 44.7 Å². The van der Waals surface area contributed by atoms with Gasteiger partial charge >= 0.3 is 12.0 Å². The Morgan fingerprint density at radius 2 is 2.06 bits per heavy atom. The van der Waals surface area contributed by atoms with Crippen molar-refractivity contribution in [3.8, 4) is 0 Å². The summed E-state index contributed by atoms with van der Waals surface area (Å²) in [5, 5.41) is 11.5. The fraction of sp³-hybridized carbons (Fsp3) is 0.818. The Kier molecular flexibility index (Phi) is 6.28. The van der Waals surface area contributed by atoms with Gasteiger partial charge in [0.05, 0.1) is 0 Å². The molecule has 0 aromatic heterocycles. The first-order valence-corrected chi connectivity index (χ1v) is 7.21. The van der Waals surface area contributed by atoms with Crippen molar-refractivity contribution in [2.45, 2.75) is 13.0 Å². The lowest BCUT2D eigenvalue weighted by Crippen LogP contribution is -2.47. The third kappa shape index (κ3) is 4.73. The van der Waals surface area contributed by atoms with E-state index in [0.717, 1.165) is 31.1 Å². The highest BCUT2D eigenvalue weighted by atomic mass is 32.2. The third-order valence-corrected chi connectivity index (χ3v) is 4.01. The molecular weight excluding hydrogens is 254 g/mol. The van der Waals surface area contributed by atoms with E-state index in [4.69, 9.17) is 5.11 Å². The van der Waals surface area contributed by atoms with E-state index in [0.29, 0.717) is 6.54 Å². The Labute approximate surface area is 112 Å². The number of carbonyl (C=O) groups excluding carboxylic acids is 1. The summed E-state index contributed by atoms with van der Waals surface area (Å²) in [6, 6.07) is -1.15. The number of aliphatic carboxylic acids is 1. The van der Waals surface area contributed by atoms with Gasteiger partial charge in [-0.1, -0.05) is 0 Å². The molecule has 0 spiro atoms. The summed E-state index contributed by atoms with van der Waals surface area (Å²) in [6.45, 7) is 4.98. The number of rotatable bonds is 5. The van der Waals surface area contributed by atoms with Crippen molar-refractivity contribution in [1.29, 1.82) is 0 Å². The SMILES string of the molecule is CC(C(=O)O)N(C)C(=O)NCCN1CCSCC1. The Morgan fingerprint density at radius 3 is 2.61 bits per heavy atom. The number of hydrogen-bond acceptors (Lipinski definition) is 4. The summed E-state index contributed by atoms with van der Waals surface area (Å²) in [5.74, 6) is 1.29. The van der Waals surface area contributed by atoms with E-state index in [1.807, 2.05) is 11.8 Å².